The predicted molar refractivity (Wildman–Crippen MR) is 76.3 cm³/mol. The average molecular weight is 249 g/mol. The maximum Gasteiger partial charge on any atom is 0.181 e. The molecule has 3 aromatic rings. The summed E-state index contributed by atoms with van der Waals surface area (Å²) < 4.78 is 1.87. The molecule has 0 radical (unpaired) electrons. The Hall–Kier alpha value is -2.42. The van der Waals surface area contributed by atoms with Crippen LogP contribution in [0, 0.1) is 13.8 Å². The van der Waals surface area contributed by atoms with E-state index >= 15 is 0 Å². The zero-order valence-electron chi connectivity index (χ0n) is 11.0. The van der Waals surface area contributed by atoms with Gasteiger partial charge in [0.05, 0.1) is 5.69 Å². The van der Waals surface area contributed by atoms with E-state index in [1.807, 2.05) is 41.9 Å². The van der Waals surface area contributed by atoms with Gasteiger partial charge in [-0.15, -0.1) is 5.10 Å². The lowest BCUT2D eigenvalue weighted by atomic mass is 10.1. The lowest BCUT2D eigenvalue weighted by Gasteiger charge is -2.01. The fourth-order valence-corrected chi connectivity index (χ4v) is 2.03. The lowest BCUT2D eigenvalue weighted by Crippen LogP contribution is -1.98. The standard InChI is InChI=1S/C16H15N3/c1-12-8-10-14(11-9-12)16-17-13(2)19(18-16)15-6-4-3-5-7-15/h3-11H,1-2H3. The second-order valence-electron chi connectivity index (χ2n) is 4.60. The lowest BCUT2D eigenvalue weighted by molar-refractivity contribution is 0.842. The maximum atomic E-state index is 4.59. The van der Waals surface area contributed by atoms with Gasteiger partial charge in [0.1, 0.15) is 5.82 Å². The number of aryl methyl sites for hydroxylation is 2. The monoisotopic (exact) mass is 249 g/mol. The summed E-state index contributed by atoms with van der Waals surface area (Å²) >= 11 is 0. The van der Waals surface area contributed by atoms with Crippen LogP contribution in [0.2, 0.25) is 0 Å². The van der Waals surface area contributed by atoms with Gasteiger partial charge in [0.25, 0.3) is 0 Å². The van der Waals surface area contributed by atoms with Crippen LogP contribution in [0.5, 0.6) is 0 Å². The van der Waals surface area contributed by atoms with Crippen molar-refractivity contribution in [2.75, 3.05) is 0 Å². The van der Waals surface area contributed by atoms with Crippen molar-refractivity contribution in [3.63, 3.8) is 0 Å². The van der Waals surface area contributed by atoms with Crippen molar-refractivity contribution in [1.29, 1.82) is 0 Å². The minimum absolute atomic E-state index is 0.765. The number of hydrogen-bond donors (Lipinski definition) is 0. The summed E-state index contributed by atoms with van der Waals surface area (Å²) in [6.45, 7) is 4.04. The minimum atomic E-state index is 0.765. The molecule has 0 unspecified atom stereocenters. The summed E-state index contributed by atoms with van der Waals surface area (Å²) in [4.78, 5) is 4.54. The van der Waals surface area contributed by atoms with E-state index in [2.05, 4.69) is 41.3 Å². The molecule has 0 aliphatic carbocycles. The quantitative estimate of drug-likeness (QED) is 0.695. The molecule has 0 amide bonds. The van der Waals surface area contributed by atoms with Crippen molar-refractivity contribution in [2.45, 2.75) is 13.8 Å². The van der Waals surface area contributed by atoms with E-state index < -0.39 is 0 Å². The van der Waals surface area contributed by atoms with Gasteiger partial charge in [0.2, 0.25) is 0 Å². The average Bonchev–Trinajstić information content (AvgIpc) is 2.83. The van der Waals surface area contributed by atoms with Crippen LogP contribution in [0.25, 0.3) is 17.1 Å². The van der Waals surface area contributed by atoms with Gasteiger partial charge < -0.3 is 0 Å². The van der Waals surface area contributed by atoms with Gasteiger partial charge in [-0.3, -0.25) is 0 Å². The van der Waals surface area contributed by atoms with Crippen LogP contribution in [0.3, 0.4) is 0 Å². The summed E-state index contributed by atoms with van der Waals surface area (Å²) in [6, 6.07) is 18.3. The Kier molecular flexibility index (Phi) is 2.88. The molecule has 2 aromatic carbocycles. The van der Waals surface area contributed by atoms with Crippen LogP contribution in [-0.2, 0) is 0 Å². The Morgan fingerprint density at radius 3 is 2.21 bits per heavy atom. The molecule has 0 fully saturated rings. The molecule has 0 spiro atoms. The van der Waals surface area contributed by atoms with Crippen molar-refractivity contribution in [3.8, 4) is 17.1 Å². The summed E-state index contributed by atoms with van der Waals surface area (Å²) in [5, 5.41) is 4.59. The molecular weight excluding hydrogens is 234 g/mol. The number of rotatable bonds is 2. The first-order valence-electron chi connectivity index (χ1n) is 6.30. The highest BCUT2D eigenvalue weighted by Gasteiger charge is 2.09. The molecule has 1 heterocycles. The van der Waals surface area contributed by atoms with E-state index in [0.717, 1.165) is 22.9 Å². The SMILES string of the molecule is Cc1ccc(-c2nc(C)n(-c3ccccc3)n2)cc1. The smallest absolute Gasteiger partial charge is 0.181 e. The van der Waals surface area contributed by atoms with Gasteiger partial charge >= 0.3 is 0 Å². The van der Waals surface area contributed by atoms with E-state index in [-0.39, 0.29) is 0 Å². The summed E-state index contributed by atoms with van der Waals surface area (Å²) in [6.07, 6.45) is 0. The Morgan fingerprint density at radius 1 is 0.842 bits per heavy atom. The van der Waals surface area contributed by atoms with Gasteiger partial charge in [-0.05, 0) is 26.0 Å². The van der Waals surface area contributed by atoms with Crippen LogP contribution in [0.1, 0.15) is 11.4 Å². The van der Waals surface area contributed by atoms with Crippen LogP contribution in [0.15, 0.2) is 54.6 Å². The van der Waals surface area contributed by atoms with Crippen LogP contribution >= 0.6 is 0 Å². The predicted octanol–water partition coefficient (Wildman–Crippen LogP) is 3.55. The normalized spacial score (nSPS) is 10.6. The molecule has 3 rings (SSSR count). The molecule has 94 valence electrons. The summed E-state index contributed by atoms with van der Waals surface area (Å²) in [7, 11) is 0. The molecule has 0 N–H and O–H groups in total. The summed E-state index contributed by atoms with van der Waals surface area (Å²) in [5.41, 5.74) is 3.32. The molecule has 0 bridgehead atoms. The van der Waals surface area contributed by atoms with E-state index in [0.29, 0.717) is 0 Å². The second kappa shape index (κ2) is 4.69. The highest BCUT2D eigenvalue weighted by Crippen LogP contribution is 2.18. The highest BCUT2D eigenvalue weighted by molar-refractivity contribution is 5.55. The van der Waals surface area contributed by atoms with E-state index in [4.69, 9.17) is 0 Å². The Morgan fingerprint density at radius 2 is 1.53 bits per heavy atom. The second-order valence-corrected chi connectivity index (χ2v) is 4.60. The van der Waals surface area contributed by atoms with Crippen LogP contribution in [0.4, 0.5) is 0 Å². The first-order chi connectivity index (χ1) is 9.24. The molecule has 1 aromatic heterocycles. The number of hydrogen-bond acceptors (Lipinski definition) is 2. The number of aromatic nitrogens is 3. The fourth-order valence-electron chi connectivity index (χ4n) is 2.03. The van der Waals surface area contributed by atoms with Gasteiger partial charge in [-0.2, -0.15) is 0 Å². The zero-order chi connectivity index (χ0) is 13.2. The highest BCUT2D eigenvalue weighted by atomic mass is 15.3. The minimum Gasteiger partial charge on any atom is -0.218 e. The van der Waals surface area contributed by atoms with Crippen molar-refractivity contribution in [3.05, 3.63) is 66.0 Å². The molecule has 3 heteroatoms. The number of para-hydroxylation sites is 1. The third-order valence-corrected chi connectivity index (χ3v) is 3.08. The molecule has 0 saturated carbocycles. The van der Waals surface area contributed by atoms with Crippen LogP contribution < -0.4 is 0 Å². The Bertz CT molecular complexity index is 682. The van der Waals surface area contributed by atoms with Gasteiger partial charge in [0, 0.05) is 5.56 Å². The van der Waals surface area contributed by atoms with E-state index in [1.165, 1.54) is 5.56 Å². The van der Waals surface area contributed by atoms with Crippen molar-refractivity contribution >= 4 is 0 Å². The third kappa shape index (κ3) is 2.27. The van der Waals surface area contributed by atoms with Gasteiger partial charge in [-0.25, -0.2) is 9.67 Å². The van der Waals surface area contributed by atoms with E-state index in [1.54, 1.807) is 0 Å². The number of benzene rings is 2. The Balaban J connectivity index is 2.04. The van der Waals surface area contributed by atoms with E-state index in [9.17, 15) is 0 Å². The van der Waals surface area contributed by atoms with Crippen molar-refractivity contribution in [2.24, 2.45) is 0 Å². The van der Waals surface area contributed by atoms with Gasteiger partial charge in [0.15, 0.2) is 5.82 Å². The summed E-state index contributed by atoms with van der Waals surface area (Å²) in [5.74, 6) is 1.66. The fraction of sp³-hybridized carbons (Fsp3) is 0.125. The first-order valence-corrected chi connectivity index (χ1v) is 6.30. The molecule has 0 saturated heterocycles. The topological polar surface area (TPSA) is 30.7 Å². The zero-order valence-corrected chi connectivity index (χ0v) is 11.0. The van der Waals surface area contributed by atoms with Crippen LogP contribution in [-0.4, -0.2) is 14.8 Å². The molecule has 19 heavy (non-hydrogen) atoms. The molecule has 0 aliphatic rings. The molecule has 3 nitrogen and oxygen atoms in total. The number of nitrogens with zero attached hydrogens (tertiary/aromatic N) is 3. The van der Waals surface area contributed by atoms with Crippen molar-refractivity contribution in [1.82, 2.24) is 14.8 Å². The first kappa shape index (κ1) is 11.7. The molecule has 0 atom stereocenters. The Labute approximate surface area is 112 Å². The maximum absolute atomic E-state index is 4.59. The van der Waals surface area contributed by atoms with Gasteiger partial charge in [-0.1, -0.05) is 48.0 Å². The largest absolute Gasteiger partial charge is 0.218 e. The van der Waals surface area contributed by atoms with Crippen molar-refractivity contribution < 1.29 is 0 Å². The molecule has 0 aliphatic heterocycles. The molecular formula is C16H15N3. The third-order valence-electron chi connectivity index (χ3n) is 3.08.